The number of aliphatic hydroxyl groups is 1. The summed E-state index contributed by atoms with van der Waals surface area (Å²) in [6, 6.07) is 0. The summed E-state index contributed by atoms with van der Waals surface area (Å²) < 4.78 is 30.3. The second-order valence-corrected chi connectivity index (χ2v) is 7.37. The third-order valence-electron chi connectivity index (χ3n) is 3.67. The fraction of sp³-hybridized carbons (Fsp3) is 1.00. The van der Waals surface area contributed by atoms with E-state index in [1.165, 1.54) is 11.4 Å². The van der Waals surface area contributed by atoms with Crippen LogP contribution in [0.25, 0.3) is 0 Å². The molecule has 6 heteroatoms. The highest BCUT2D eigenvalue weighted by Gasteiger charge is 2.47. The van der Waals surface area contributed by atoms with Crippen molar-refractivity contribution in [1.82, 2.24) is 4.31 Å². The van der Waals surface area contributed by atoms with Crippen molar-refractivity contribution in [2.75, 3.05) is 32.6 Å². The van der Waals surface area contributed by atoms with Gasteiger partial charge < -0.3 is 9.84 Å². The zero-order valence-electron chi connectivity index (χ0n) is 10.3. The molecule has 17 heavy (non-hydrogen) atoms. The predicted octanol–water partition coefficient (Wildman–Crippen LogP) is 0.200. The third-order valence-corrected chi connectivity index (χ3v) is 5.61. The van der Waals surface area contributed by atoms with Crippen molar-refractivity contribution in [2.45, 2.75) is 31.3 Å². The molecule has 0 bridgehead atoms. The molecule has 0 spiro atoms. The highest BCUT2D eigenvalue weighted by atomic mass is 32.2. The topological polar surface area (TPSA) is 66.8 Å². The Balaban J connectivity index is 1.86. The first-order chi connectivity index (χ1) is 7.95. The average Bonchev–Trinajstić information content (AvgIpc) is 2.66. The van der Waals surface area contributed by atoms with Gasteiger partial charge in [0.1, 0.15) is 5.60 Å². The molecular formula is C11H21NO4S. The Morgan fingerprint density at radius 1 is 1.35 bits per heavy atom. The lowest BCUT2D eigenvalue weighted by atomic mass is 9.99. The Morgan fingerprint density at radius 2 is 1.94 bits per heavy atom. The summed E-state index contributed by atoms with van der Waals surface area (Å²) in [6.45, 7) is 0.550. The number of sulfonamides is 1. The van der Waals surface area contributed by atoms with E-state index in [4.69, 9.17) is 4.74 Å². The van der Waals surface area contributed by atoms with Gasteiger partial charge in [-0.3, -0.25) is 0 Å². The van der Waals surface area contributed by atoms with Gasteiger partial charge >= 0.3 is 0 Å². The van der Waals surface area contributed by atoms with E-state index in [9.17, 15) is 13.5 Å². The number of nitrogens with zero attached hydrogens (tertiary/aromatic N) is 1. The van der Waals surface area contributed by atoms with Crippen LogP contribution in [0.3, 0.4) is 0 Å². The summed E-state index contributed by atoms with van der Waals surface area (Å²) in [5, 5.41) is 9.87. The van der Waals surface area contributed by atoms with Crippen molar-refractivity contribution < 1.29 is 18.3 Å². The van der Waals surface area contributed by atoms with E-state index >= 15 is 0 Å². The molecule has 0 aromatic heterocycles. The molecule has 2 aliphatic rings. The molecule has 0 atom stereocenters. The predicted molar refractivity (Wildman–Crippen MR) is 64.1 cm³/mol. The first kappa shape index (κ1) is 13.3. The van der Waals surface area contributed by atoms with Gasteiger partial charge in [-0.1, -0.05) is 12.8 Å². The molecule has 5 nitrogen and oxygen atoms in total. The smallest absolute Gasteiger partial charge is 0.214 e. The number of rotatable bonds is 5. The van der Waals surface area contributed by atoms with Crippen molar-refractivity contribution in [1.29, 1.82) is 0 Å². The molecule has 1 heterocycles. The molecule has 1 aliphatic heterocycles. The molecule has 1 N–H and O–H groups in total. The number of hydrogen-bond acceptors (Lipinski definition) is 4. The Morgan fingerprint density at radius 3 is 2.47 bits per heavy atom. The van der Waals surface area contributed by atoms with Crippen LogP contribution in [0, 0.1) is 5.92 Å². The number of methoxy groups -OCH3 is 1. The minimum atomic E-state index is -3.18. The fourth-order valence-electron chi connectivity index (χ4n) is 2.75. The van der Waals surface area contributed by atoms with Gasteiger partial charge in [-0.2, -0.15) is 4.31 Å². The molecular weight excluding hydrogens is 242 g/mol. The van der Waals surface area contributed by atoms with E-state index in [0.717, 1.165) is 25.7 Å². The van der Waals surface area contributed by atoms with Crippen LogP contribution in [0.2, 0.25) is 0 Å². The number of ether oxygens (including phenoxy) is 1. The first-order valence-electron chi connectivity index (χ1n) is 6.14. The van der Waals surface area contributed by atoms with Crippen LogP contribution in [-0.4, -0.2) is 56.0 Å². The standard InChI is InChI=1S/C11H21NO4S/c1-16-9-11(13)7-12(8-11)17(14,15)6-10-4-2-3-5-10/h10,13H,2-9H2,1H3. The lowest BCUT2D eigenvalue weighted by molar-refractivity contribution is -0.103. The quantitative estimate of drug-likeness (QED) is 0.769. The Kier molecular flexibility index (Phi) is 3.77. The average molecular weight is 263 g/mol. The molecule has 0 amide bonds. The summed E-state index contributed by atoms with van der Waals surface area (Å²) in [7, 11) is -1.67. The fourth-order valence-corrected chi connectivity index (χ4v) is 4.76. The van der Waals surface area contributed by atoms with Crippen molar-refractivity contribution in [3.63, 3.8) is 0 Å². The maximum Gasteiger partial charge on any atom is 0.214 e. The molecule has 1 saturated carbocycles. The Hall–Kier alpha value is -0.170. The van der Waals surface area contributed by atoms with Crippen molar-refractivity contribution in [3.8, 4) is 0 Å². The monoisotopic (exact) mass is 263 g/mol. The molecule has 2 rings (SSSR count). The van der Waals surface area contributed by atoms with E-state index in [-0.39, 0.29) is 25.4 Å². The van der Waals surface area contributed by atoms with E-state index in [2.05, 4.69) is 0 Å². The highest BCUT2D eigenvalue weighted by molar-refractivity contribution is 7.89. The number of hydrogen-bond donors (Lipinski definition) is 1. The second-order valence-electron chi connectivity index (χ2n) is 5.35. The molecule has 0 aromatic carbocycles. The van der Waals surface area contributed by atoms with Crippen LogP contribution in [0.5, 0.6) is 0 Å². The minimum absolute atomic E-state index is 0.176. The van der Waals surface area contributed by atoms with E-state index in [0.29, 0.717) is 5.92 Å². The van der Waals surface area contributed by atoms with E-state index in [1.807, 2.05) is 0 Å². The Bertz CT molecular complexity index is 356. The van der Waals surface area contributed by atoms with E-state index < -0.39 is 15.6 Å². The van der Waals surface area contributed by atoms with Crippen LogP contribution in [-0.2, 0) is 14.8 Å². The van der Waals surface area contributed by atoms with Gasteiger partial charge in [0.15, 0.2) is 0 Å². The largest absolute Gasteiger partial charge is 0.385 e. The lowest BCUT2D eigenvalue weighted by Crippen LogP contribution is -2.65. The molecule has 1 saturated heterocycles. The second kappa shape index (κ2) is 4.84. The van der Waals surface area contributed by atoms with Gasteiger partial charge in [-0.25, -0.2) is 8.42 Å². The van der Waals surface area contributed by atoms with Gasteiger partial charge in [0, 0.05) is 20.2 Å². The van der Waals surface area contributed by atoms with Crippen molar-refractivity contribution in [3.05, 3.63) is 0 Å². The molecule has 1 aliphatic carbocycles. The zero-order valence-corrected chi connectivity index (χ0v) is 11.1. The molecule has 0 radical (unpaired) electrons. The maximum absolute atomic E-state index is 12.0. The maximum atomic E-state index is 12.0. The van der Waals surface area contributed by atoms with Gasteiger partial charge in [-0.15, -0.1) is 0 Å². The summed E-state index contributed by atoms with van der Waals surface area (Å²) in [4.78, 5) is 0. The zero-order chi connectivity index (χ0) is 12.5. The summed E-state index contributed by atoms with van der Waals surface area (Å²) in [5.74, 6) is 0.562. The minimum Gasteiger partial charge on any atom is -0.385 e. The van der Waals surface area contributed by atoms with Crippen molar-refractivity contribution in [2.24, 2.45) is 5.92 Å². The van der Waals surface area contributed by atoms with Crippen LogP contribution in [0.1, 0.15) is 25.7 Å². The van der Waals surface area contributed by atoms with E-state index in [1.54, 1.807) is 0 Å². The normalized spacial score (nSPS) is 26.0. The van der Waals surface area contributed by atoms with Gasteiger partial charge in [0.25, 0.3) is 0 Å². The van der Waals surface area contributed by atoms with Gasteiger partial charge in [0.05, 0.1) is 12.4 Å². The summed E-state index contributed by atoms with van der Waals surface area (Å²) in [5.41, 5.74) is -0.975. The van der Waals surface area contributed by atoms with Crippen molar-refractivity contribution >= 4 is 10.0 Å². The van der Waals surface area contributed by atoms with Crippen LogP contribution in [0.15, 0.2) is 0 Å². The highest BCUT2D eigenvalue weighted by Crippen LogP contribution is 2.30. The van der Waals surface area contributed by atoms with Gasteiger partial charge in [0.2, 0.25) is 10.0 Å². The molecule has 0 unspecified atom stereocenters. The summed E-state index contributed by atoms with van der Waals surface area (Å²) >= 11 is 0. The lowest BCUT2D eigenvalue weighted by Gasteiger charge is -2.45. The molecule has 100 valence electrons. The summed E-state index contributed by atoms with van der Waals surface area (Å²) in [6.07, 6.45) is 4.34. The molecule has 0 aromatic rings. The third kappa shape index (κ3) is 2.99. The van der Waals surface area contributed by atoms with Crippen LogP contribution in [0.4, 0.5) is 0 Å². The van der Waals surface area contributed by atoms with Crippen LogP contribution >= 0.6 is 0 Å². The van der Waals surface area contributed by atoms with Gasteiger partial charge in [-0.05, 0) is 18.8 Å². The van der Waals surface area contributed by atoms with Crippen LogP contribution < -0.4 is 0 Å². The Labute approximate surface area is 103 Å². The molecule has 2 fully saturated rings. The first-order valence-corrected chi connectivity index (χ1v) is 7.75. The SMILES string of the molecule is COCC1(O)CN(S(=O)(=O)CC2CCCC2)C1. The number of β-amino-alcohol motifs (C(OH)–C–C–N with tert-alkyl or cyclic N) is 1.